The van der Waals surface area contributed by atoms with Gasteiger partial charge < -0.3 is 4.74 Å². The van der Waals surface area contributed by atoms with Gasteiger partial charge in [-0.1, -0.05) is 6.92 Å². The van der Waals surface area contributed by atoms with Crippen molar-refractivity contribution in [3.05, 3.63) is 22.5 Å². The maximum Gasteiger partial charge on any atom is 0.172 e. The van der Waals surface area contributed by atoms with Crippen molar-refractivity contribution in [2.75, 3.05) is 0 Å². The monoisotopic (exact) mass is 305 g/mol. The van der Waals surface area contributed by atoms with E-state index in [1.165, 1.54) is 0 Å². The fraction of sp³-hybridized carbons (Fsp3) is 0.333. The molecule has 0 aliphatic heterocycles. The predicted molar refractivity (Wildman–Crippen MR) is 85.1 cm³/mol. The second kappa shape index (κ2) is 5.14. The molecule has 0 fully saturated rings. The number of Topliss-reactive ketones (excluding diaryl/α,β-unsaturated/α-hetero) is 1. The number of rotatable bonds is 4. The molecule has 1 atom stereocenters. The zero-order valence-corrected chi connectivity index (χ0v) is 13.2. The van der Waals surface area contributed by atoms with Gasteiger partial charge in [0.15, 0.2) is 11.9 Å². The number of nitrogens with zero attached hydrogens (tertiary/aromatic N) is 1. The van der Waals surface area contributed by atoms with Gasteiger partial charge in [-0.2, -0.15) is 0 Å². The van der Waals surface area contributed by atoms with Crippen LogP contribution in [0.15, 0.2) is 17.5 Å². The molecule has 0 saturated carbocycles. The van der Waals surface area contributed by atoms with Crippen molar-refractivity contribution in [2.24, 2.45) is 0 Å². The number of hydrogen-bond acceptors (Lipinski definition) is 5. The van der Waals surface area contributed by atoms with E-state index in [1.54, 1.807) is 22.7 Å². The zero-order chi connectivity index (χ0) is 14.3. The first-order valence-corrected chi connectivity index (χ1v) is 8.26. The van der Waals surface area contributed by atoms with E-state index in [0.29, 0.717) is 6.42 Å². The van der Waals surface area contributed by atoms with E-state index in [4.69, 9.17) is 4.74 Å². The van der Waals surface area contributed by atoms with E-state index < -0.39 is 6.10 Å². The number of carbonyl (C=O) groups excluding carboxylic acids is 1. The first-order chi connectivity index (χ1) is 9.60. The Morgan fingerprint density at radius 3 is 3.05 bits per heavy atom. The standard InChI is InChI=1S/C15H15NO2S2/c1-4-11(17)8(2)18-12-7-13-14(16-9(3)20-13)15-10(12)5-6-19-15/h5-8H,4H2,1-3H3. The molecule has 0 spiro atoms. The van der Waals surface area contributed by atoms with Crippen molar-refractivity contribution in [1.82, 2.24) is 4.98 Å². The molecule has 1 unspecified atom stereocenters. The second-order valence-electron chi connectivity index (χ2n) is 4.70. The van der Waals surface area contributed by atoms with E-state index in [1.807, 2.05) is 38.3 Å². The van der Waals surface area contributed by atoms with E-state index in [-0.39, 0.29) is 5.78 Å². The molecule has 2 aromatic heterocycles. The minimum Gasteiger partial charge on any atom is -0.482 e. The number of benzene rings is 1. The summed E-state index contributed by atoms with van der Waals surface area (Å²) in [4.78, 5) is 16.3. The molecule has 20 heavy (non-hydrogen) atoms. The molecule has 0 aliphatic rings. The van der Waals surface area contributed by atoms with Gasteiger partial charge in [0, 0.05) is 17.9 Å². The van der Waals surface area contributed by atoms with Gasteiger partial charge in [0.05, 0.1) is 19.9 Å². The molecule has 0 radical (unpaired) electrons. The number of carbonyl (C=O) groups is 1. The van der Waals surface area contributed by atoms with Crippen LogP contribution in [0.25, 0.3) is 20.3 Å². The summed E-state index contributed by atoms with van der Waals surface area (Å²) >= 11 is 3.32. The van der Waals surface area contributed by atoms with E-state index in [2.05, 4.69) is 4.98 Å². The molecule has 1 aromatic carbocycles. The largest absolute Gasteiger partial charge is 0.482 e. The quantitative estimate of drug-likeness (QED) is 0.709. The number of ether oxygens (including phenoxy) is 1. The Morgan fingerprint density at radius 2 is 2.30 bits per heavy atom. The number of fused-ring (bicyclic) bond motifs is 3. The van der Waals surface area contributed by atoms with Crippen LogP contribution in [0.1, 0.15) is 25.3 Å². The lowest BCUT2D eigenvalue weighted by atomic mass is 10.2. The summed E-state index contributed by atoms with van der Waals surface area (Å²) in [6, 6.07) is 4.04. The highest BCUT2D eigenvalue weighted by molar-refractivity contribution is 7.21. The van der Waals surface area contributed by atoms with Crippen LogP contribution in [0.5, 0.6) is 5.75 Å². The van der Waals surface area contributed by atoms with Gasteiger partial charge in [-0.25, -0.2) is 4.98 Å². The summed E-state index contributed by atoms with van der Waals surface area (Å²) in [7, 11) is 0. The minimum atomic E-state index is -0.408. The van der Waals surface area contributed by atoms with Gasteiger partial charge in [-0.05, 0) is 25.3 Å². The molecule has 3 aromatic rings. The van der Waals surface area contributed by atoms with E-state index >= 15 is 0 Å². The number of thiophene rings is 1. The van der Waals surface area contributed by atoms with Gasteiger partial charge in [0.1, 0.15) is 5.75 Å². The summed E-state index contributed by atoms with van der Waals surface area (Å²) in [5.74, 6) is 0.903. The van der Waals surface area contributed by atoms with Crippen molar-refractivity contribution in [3.8, 4) is 5.75 Å². The molecule has 0 N–H and O–H groups in total. The van der Waals surface area contributed by atoms with E-state index in [0.717, 1.165) is 31.1 Å². The van der Waals surface area contributed by atoms with Crippen LogP contribution in [-0.2, 0) is 4.79 Å². The first-order valence-electron chi connectivity index (χ1n) is 6.57. The number of thiazole rings is 1. The fourth-order valence-electron chi connectivity index (χ4n) is 2.23. The maximum atomic E-state index is 11.7. The SMILES string of the molecule is CCC(=O)C(C)Oc1cc2sc(C)nc2c2sccc12. The first kappa shape index (κ1) is 13.5. The molecule has 0 saturated heterocycles. The maximum absolute atomic E-state index is 11.7. The smallest absolute Gasteiger partial charge is 0.172 e. The summed E-state index contributed by atoms with van der Waals surface area (Å²) in [6.07, 6.45) is 0.0881. The van der Waals surface area contributed by atoms with Gasteiger partial charge in [-0.3, -0.25) is 4.79 Å². The summed E-state index contributed by atoms with van der Waals surface area (Å²) < 4.78 is 8.14. The fourth-order valence-corrected chi connectivity index (χ4v) is 4.06. The van der Waals surface area contributed by atoms with Gasteiger partial charge >= 0.3 is 0 Å². The highest BCUT2D eigenvalue weighted by Crippen LogP contribution is 2.39. The molecule has 104 valence electrons. The Labute approximate surface area is 125 Å². The Kier molecular flexibility index (Phi) is 3.48. The van der Waals surface area contributed by atoms with E-state index in [9.17, 15) is 4.79 Å². The number of aryl methyl sites for hydroxylation is 1. The average molecular weight is 305 g/mol. The summed E-state index contributed by atoms with van der Waals surface area (Å²) in [5.41, 5.74) is 1.04. The molecular weight excluding hydrogens is 290 g/mol. The van der Waals surface area contributed by atoms with Crippen molar-refractivity contribution >= 4 is 48.8 Å². The molecule has 2 heterocycles. The predicted octanol–water partition coefficient (Wildman–Crippen LogP) is 4.57. The Hall–Kier alpha value is -1.46. The molecule has 3 rings (SSSR count). The number of hydrogen-bond donors (Lipinski definition) is 0. The van der Waals surface area contributed by atoms with Crippen molar-refractivity contribution in [3.63, 3.8) is 0 Å². The summed E-state index contributed by atoms with van der Waals surface area (Å²) in [5, 5.41) is 4.13. The Bertz CT molecular complexity index is 788. The van der Waals surface area contributed by atoms with Crippen molar-refractivity contribution < 1.29 is 9.53 Å². The molecule has 5 heteroatoms. The average Bonchev–Trinajstić information content (AvgIpc) is 3.03. The highest BCUT2D eigenvalue weighted by Gasteiger charge is 2.17. The zero-order valence-electron chi connectivity index (χ0n) is 11.6. The van der Waals surface area contributed by atoms with Gasteiger partial charge in [0.2, 0.25) is 0 Å². The normalized spacial score (nSPS) is 12.9. The van der Waals surface area contributed by atoms with Crippen LogP contribution < -0.4 is 4.74 Å². The molecule has 0 amide bonds. The van der Waals surface area contributed by atoms with Crippen LogP contribution in [0, 0.1) is 6.92 Å². The molecular formula is C15H15NO2S2. The van der Waals surface area contributed by atoms with Crippen LogP contribution >= 0.6 is 22.7 Å². The molecule has 0 bridgehead atoms. The Morgan fingerprint density at radius 1 is 1.50 bits per heavy atom. The second-order valence-corrected chi connectivity index (χ2v) is 6.85. The van der Waals surface area contributed by atoms with Crippen molar-refractivity contribution in [1.29, 1.82) is 0 Å². The third kappa shape index (κ3) is 2.21. The third-order valence-corrected chi connectivity index (χ3v) is 5.11. The molecule has 0 aliphatic carbocycles. The van der Waals surface area contributed by atoms with Crippen LogP contribution in [0.3, 0.4) is 0 Å². The van der Waals surface area contributed by atoms with Crippen molar-refractivity contribution in [2.45, 2.75) is 33.3 Å². The van der Waals surface area contributed by atoms with Crippen LogP contribution in [0.2, 0.25) is 0 Å². The third-order valence-electron chi connectivity index (χ3n) is 3.27. The molecule has 3 nitrogen and oxygen atoms in total. The van der Waals surface area contributed by atoms with Crippen LogP contribution in [0.4, 0.5) is 0 Å². The number of aromatic nitrogens is 1. The number of ketones is 1. The topological polar surface area (TPSA) is 39.2 Å². The summed E-state index contributed by atoms with van der Waals surface area (Å²) in [6.45, 7) is 5.68. The Balaban J connectivity index is 2.13. The highest BCUT2D eigenvalue weighted by atomic mass is 32.1. The van der Waals surface area contributed by atoms with Gasteiger partial charge in [-0.15, -0.1) is 22.7 Å². The lowest BCUT2D eigenvalue weighted by molar-refractivity contribution is -0.124. The lowest BCUT2D eigenvalue weighted by Gasteiger charge is -2.13. The minimum absolute atomic E-state index is 0.119. The van der Waals surface area contributed by atoms with Crippen LogP contribution in [-0.4, -0.2) is 16.9 Å². The lowest BCUT2D eigenvalue weighted by Crippen LogP contribution is -2.22. The van der Waals surface area contributed by atoms with Gasteiger partial charge in [0.25, 0.3) is 0 Å².